The molecule has 2 N–H and O–H groups in total. The third-order valence-corrected chi connectivity index (χ3v) is 4.27. The van der Waals surface area contributed by atoms with Crippen LogP contribution in [0.1, 0.15) is 43.5 Å². The minimum Gasteiger partial charge on any atom is -0.308 e. The van der Waals surface area contributed by atoms with Crippen LogP contribution in [0.15, 0.2) is 18.2 Å². The first kappa shape index (κ1) is 17.1. The highest BCUT2D eigenvalue weighted by Crippen LogP contribution is 2.17. The van der Waals surface area contributed by atoms with Crippen molar-refractivity contribution in [2.45, 2.75) is 46.2 Å². The van der Waals surface area contributed by atoms with Gasteiger partial charge in [-0.2, -0.15) is 0 Å². The summed E-state index contributed by atoms with van der Waals surface area (Å²) < 4.78 is 25.2. The van der Waals surface area contributed by atoms with E-state index in [2.05, 4.69) is 49.0 Å². The standard InChI is InChI=1S/C15H26N2O2S/c1-11-7-8-14(9-12(11)2)13(3)16-10-15(4,5)17-20(6,18)19/h7-9,13,16-17H,10H2,1-6H3. The normalized spacial score (nSPS) is 14.3. The highest BCUT2D eigenvalue weighted by atomic mass is 32.2. The van der Waals surface area contributed by atoms with Gasteiger partial charge in [-0.1, -0.05) is 18.2 Å². The molecule has 0 fully saturated rings. The predicted octanol–water partition coefficient (Wildman–Crippen LogP) is 2.28. The fourth-order valence-electron chi connectivity index (χ4n) is 2.10. The zero-order chi connectivity index (χ0) is 15.6. The summed E-state index contributed by atoms with van der Waals surface area (Å²) in [4.78, 5) is 0. The van der Waals surface area contributed by atoms with Crippen molar-refractivity contribution in [1.82, 2.24) is 10.0 Å². The Kier molecular flexibility index (Phi) is 5.35. The molecule has 0 aliphatic carbocycles. The van der Waals surface area contributed by atoms with Gasteiger partial charge in [0.05, 0.1) is 6.26 Å². The topological polar surface area (TPSA) is 58.2 Å². The number of hydrogen-bond acceptors (Lipinski definition) is 3. The summed E-state index contributed by atoms with van der Waals surface area (Å²) in [5.74, 6) is 0. The first-order valence-electron chi connectivity index (χ1n) is 6.80. The van der Waals surface area contributed by atoms with Crippen LogP contribution in [0.2, 0.25) is 0 Å². The number of sulfonamides is 1. The van der Waals surface area contributed by atoms with Gasteiger partial charge >= 0.3 is 0 Å². The van der Waals surface area contributed by atoms with Crippen LogP contribution < -0.4 is 10.0 Å². The van der Waals surface area contributed by atoms with E-state index in [4.69, 9.17) is 0 Å². The number of hydrogen-bond donors (Lipinski definition) is 2. The third-order valence-electron chi connectivity index (χ3n) is 3.34. The van der Waals surface area contributed by atoms with Crippen molar-refractivity contribution in [2.75, 3.05) is 12.8 Å². The van der Waals surface area contributed by atoms with Gasteiger partial charge in [-0.3, -0.25) is 0 Å². The van der Waals surface area contributed by atoms with Crippen molar-refractivity contribution in [3.63, 3.8) is 0 Å². The lowest BCUT2D eigenvalue weighted by atomic mass is 10.0. The van der Waals surface area contributed by atoms with E-state index in [1.807, 2.05) is 13.8 Å². The summed E-state index contributed by atoms with van der Waals surface area (Å²) in [5, 5.41) is 3.38. The molecule has 114 valence electrons. The van der Waals surface area contributed by atoms with Gasteiger partial charge < -0.3 is 5.32 Å². The van der Waals surface area contributed by atoms with Gasteiger partial charge in [0.25, 0.3) is 0 Å². The fourth-order valence-corrected chi connectivity index (χ4v) is 3.17. The summed E-state index contributed by atoms with van der Waals surface area (Å²) in [6.45, 7) is 10.6. The molecule has 0 radical (unpaired) electrons. The molecule has 0 heterocycles. The molecule has 0 aromatic heterocycles. The minimum absolute atomic E-state index is 0.176. The van der Waals surface area contributed by atoms with Crippen LogP contribution in [-0.2, 0) is 10.0 Å². The maximum atomic E-state index is 11.3. The Morgan fingerprint density at radius 2 is 1.80 bits per heavy atom. The number of aryl methyl sites for hydroxylation is 2. The van der Waals surface area contributed by atoms with E-state index >= 15 is 0 Å². The van der Waals surface area contributed by atoms with Crippen molar-refractivity contribution in [2.24, 2.45) is 0 Å². The summed E-state index contributed by atoms with van der Waals surface area (Å²) in [6, 6.07) is 6.57. The Labute approximate surface area is 123 Å². The van der Waals surface area contributed by atoms with Gasteiger partial charge in [0.2, 0.25) is 10.0 Å². The van der Waals surface area contributed by atoms with Crippen molar-refractivity contribution >= 4 is 10.0 Å². The summed E-state index contributed by atoms with van der Waals surface area (Å²) in [6.07, 6.45) is 1.18. The van der Waals surface area contributed by atoms with Crippen LogP contribution in [0, 0.1) is 13.8 Å². The molecule has 5 heteroatoms. The average molecular weight is 298 g/mol. The monoisotopic (exact) mass is 298 g/mol. The Morgan fingerprint density at radius 1 is 1.20 bits per heavy atom. The molecule has 0 spiro atoms. The molecular weight excluding hydrogens is 272 g/mol. The fraction of sp³-hybridized carbons (Fsp3) is 0.600. The summed E-state index contributed by atoms with van der Waals surface area (Å²) in [5.41, 5.74) is 3.25. The lowest BCUT2D eigenvalue weighted by Gasteiger charge is -2.27. The Morgan fingerprint density at radius 3 is 2.30 bits per heavy atom. The molecule has 0 aliphatic rings. The van der Waals surface area contributed by atoms with E-state index in [9.17, 15) is 8.42 Å². The van der Waals surface area contributed by atoms with Crippen molar-refractivity contribution in [3.8, 4) is 0 Å². The average Bonchev–Trinajstić information content (AvgIpc) is 2.26. The summed E-state index contributed by atoms with van der Waals surface area (Å²) >= 11 is 0. The molecule has 0 amide bonds. The van der Waals surface area contributed by atoms with Gasteiger partial charge in [-0.05, 0) is 51.3 Å². The zero-order valence-corrected chi connectivity index (χ0v) is 14.1. The van der Waals surface area contributed by atoms with Gasteiger partial charge in [-0.25, -0.2) is 13.1 Å². The molecule has 20 heavy (non-hydrogen) atoms. The highest BCUT2D eigenvalue weighted by molar-refractivity contribution is 7.88. The van der Waals surface area contributed by atoms with Crippen molar-refractivity contribution in [1.29, 1.82) is 0 Å². The van der Waals surface area contributed by atoms with Crippen LogP contribution in [0.3, 0.4) is 0 Å². The van der Waals surface area contributed by atoms with Crippen LogP contribution >= 0.6 is 0 Å². The maximum Gasteiger partial charge on any atom is 0.209 e. The smallest absolute Gasteiger partial charge is 0.209 e. The molecule has 1 atom stereocenters. The molecular formula is C15H26N2O2S. The Bertz CT molecular complexity index is 565. The molecule has 0 saturated carbocycles. The van der Waals surface area contributed by atoms with Crippen molar-refractivity contribution in [3.05, 3.63) is 34.9 Å². The molecule has 1 aromatic rings. The van der Waals surface area contributed by atoms with Gasteiger partial charge in [0.15, 0.2) is 0 Å². The van der Waals surface area contributed by atoms with E-state index in [0.717, 1.165) is 0 Å². The molecule has 4 nitrogen and oxygen atoms in total. The minimum atomic E-state index is -3.20. The number of benzene rings is 1. The largest absolute Gasteiger partial charge is 0.308 e. The number of rotatable bonds is 6. The third kappa shape index (κ3) is 5.61. The second-order valence-corrected chi connectivity index (χ2v) is 7.95. The zero-order valence-electron chi connectivity index (χ0n) is 13.2. The lowest BCUT2D eigenvalue weighted by Crippen LogP contribution is -2.50. The van der Waals surface area contributed by atoms with Crippen LogP contribution in [0.5, 0.6) is 0 Å². The van der Waals surface area contributed by atoms with Crippen LogP contribution in [-0.4, -0.2) is 26.8 Å². The van der Waals surface area contributed by atoms with E-state index in [0.29, 0.717) is 6.54 Å². The van der Waals surface area contributed by atoms with E-state index < -0.39 is 15.6 Å². The quantitative estimate of drug-likeness (QED) is 0.847. The SMILES string of the molecule is Cc1ccc(C(C)NCC(C)(C)NS(C)(=O)=O)cc1C. The van der Waals surface area contributed by atoms with Gasteiger partial charge in [0.1, 0.15) is 0 Å². The molecule has 1 rings (SSSR count). The molecule has 0 aliphatic heterocycles. The maximum absolute atomic E-state index is 11.3. The Hall–Kier alpha value is -0.910. The van der Waals surface area contributed by atoms with Gasteiger partial charge in [-0.15, -0.1) is 0 Å². The second-order valence-electron chi connectivity index (χ2n) is 6.20. The van der Waals surface area contributed by atoms with Crippen molar-refractivity contribution < 1.29 is 8.42 Å². The number of nitrogens with one attached hydrogen (secondary N) is 2. The summed E-state index contributed by atoms with van der Waals surface area (Å²) in [7, 11) is -3.20. The van der Waals surface area contributed by atoms with E-state index in [1.165, 1.54) is 22.9 Å². The van der Waals surface area contributed by atoms with Crippen LogP contribution in [0.25, 0.3) is 0 Å². The molecule has 0 saturated heterocycles. The first-order valence-corrected chi connectivity index (χ1v) is 8.69. The van der Waals surface area contributed by atoms with E-state index in [1.54, 1.807) is 0 Å². The first-order chi connectivity index (χ1) is 9.00. The predicted molar refractivity (Wildman–Crippen MR) is 84.4 cm³/mol. The molecule has 0 bridgehead atoms. The van der Waals surface area contributed by atoms with Crippen LogP contribution in [0.4, 0.5) is 0 Å². The Balaban J connectivity index is 2.67. The highest BCUT2D eigenvalue weighted by Gasteiger charge is 2.22. The molecule has 1 unspecified atom stereocenters. The van der Waals surface area contributed by atoms with Gasteiger partial charge in [0, 0.05) is 18.1 Å². The lowest BCUT2D eigenvalue weighted by molar-refractivity contribution is 0.399. The van der Waals surface area contributed by atoms with E-state index in [-0.39, 0.29) is 6.04 Å². The second kappa shape index (κ2) is 6.24. The molecule has 1 aromatic carbocycles.